The lowest BCUT2D eigenvalue weighted by atomic mass is 9.89. The van der Waals surface area contributed by atoms with Crippen LogP contribution in [0.1, 0.15) is 31.4 Å². The molecule has 244 valence electrons. The molecular weight excluding hydrogens is 607 g/mol. The molecule has 9 nitrogen and oxygen atoms in total. The highest BCUT2D eigenvalue weighted by molar-refractivity contribution is 7.89. The monoisotopic (exact) mass is 647 g/mol. The number of benzene rings is 2. The smallest absolute Gasteiger partial charge is 0.406 e. The first-order chi connectivity index (χ1) is 21.5. The van der Waals surface area contributed by atoms with Crippen LogP contribution in [0.5, 0.6) is 5.75 Å². The molecule has 0 atom stereocenters. The topological polar surface area (TPSA) is 88.1 Å². The predicted octanol–water partition coefficient (Wildman–Crippen LogP) is 4.98. The van der Waals surface area contributed by atoms with Crippen molar-refractivity contribution in [3.05, 3.63) is 48.2 Å². The Kier molecular flexibility index (Phi) is 10.2. The Morgan fingerprint density at radius 1 is 1.04 bits per heavy atom. The largest absolute Gasteiger partial charge is 0.495 e. The van der Waals surface area contributed by atoms with Gasteiger partial charge in [-0.3, -0.25) is 4.90 Å². The number of hydrogen-bond donors (Lipinski definition) is 2. The third kappa shape index (κ3) is 7.87. The van der Waals surface area contributed by atoms with Gasteiger partial charge in [-0.2, -0.15) is 13.2 Å². The normalized spacial score (nSPS) is 19.7. The number of rotatable bonds is 9. The van der Waals surface area contributed by atoms with E-state index in [0.29, 0.717) is 28.4 Å². The van der Waals surface area contributed by atoms with Crippen LogP contribution >= 0.6 is 0 Å². The van der Waals surface area contributed by atoms with Gasteiger partial charge in [0, 0.05) is 56.4 Å². The Balaban J connectivity index is 1.32. The van der Waals surface area contributed by atoms with Crippen molar-refractivity contribution in [3.8, 4) is 17.6 Å². The molecule has 45 heavy (non-hydrogen) atoms. The lowest BCUT2D eigenvalue weighted by molar-refractivity contribution is -0.140. The van der Waals surface area contributed by atoms with Crippen LogP contribution in [0, 0.1) is 11.8 Å². The van der Waals surface area contributed by atoms with Crippen LogP contribution in [-0.4, -0.2) is 94.5 Å². The van der Waals surface area contributed by atoms with Crippen molar-refractivity contribution in [2.45, 2.75) is 55.4 Å². The summed E-state index contributed by atoms with van der Waals surface area (Å²) in [5.74, 6) is 6.15. The number of nitrogens with zero attached hydrogens (tertiary/aromatic N) is 3. The van der Waals surface area contributed by atoms with E-state index in [1.807, 2.05) is 6.07 Å². The van der Waals surface area contributed by atoms with Gasteiger partial charge in [0.15, 0.2) is 0 Å². The Morgan fingerprint density at radius 2 is 1.78 bits per heavy atom. The van der Waals surface area contributed by atoms with E-state index < -0.39 is 22.7 Å². The summed E-state index contributed by atoms with van der Waals surface area (Å²) in [5, 5.41) is 7.39. The molecule has 1 aliphatic heterocycles. The van der Waals surface area contributed by atoms with Crippen LogP contribution in [-0.2, 0) is 21.3 Å². The van der Waals surface area contributed by atoms with Crippen molar-refractivity contribution in [3.63, 3.8) is 0 Å². The molecule has 13 heteroatoms. The van der Waals surface area contributed by atoms with Crippen LogP contribution < -0.4 is 15.4 Å². The zero-order chi connectivity index (χ0) is 32.2. The number of ether oxygens (including phenoxy) is 2. The number of methoxy groups -OCH3 is 1. The number of morpholine rings is 1. The van der Waals surface area contributed by atoms with Gasteiger partial charge in [0.2, 0.25) is 10.0 Å². The van der Waals surface area contributed by atoms with Gasteiger partial charge in [-0.05, 0) is 61.9 Å². The average molecular weight is 648 g/mol. The van der Waals surface area contributed by atoms with E-state index in [9.17, 15) is 21.6 Å². The van der Waals surface area contributed by atoms with Gasteiger partial charge in [-0.25, -0.2) is 12.7 Å². The SMILES string of the molecule is COc1cc(S(=O)(=O)N(C)C)ccc1NCC#Cc1cc2c(N[C@H]3CC[C@@H](N4CCOCC4)CC3)cccc2n1CC(F)(F)F. The van der Waals surface area contributed by atoms with Crippen molar-refractivity contribution in [1.82, 2.24) is 13.8 Å². The number of sulfonamides is 1. The second kappa shape index (κ2) is 13.9. The molecule has 2 fully saturated rings. The molecule has 0 spiro atoms. The zero-order valence-electron chi connectivity index (χ0n) is 25.8. The molecule has 2 heterocycles. The van der Waals surface area contributed by atoms with E-state index in [2.05, 4.69) is 27.4 Å². The maximum atomic E-state index is 13.7. The van der Waals surface area contributed by atoms with Gasteiger partial charge in [0.25, 0.3) is 0 Å². The maximum absolute atomic E-state index is 13.7. The van der Waals surface area contributed by atoms with Crippen LogP contribution in [0.25, 0.3) is 10.9 Å². The number of aromatic nitrogens is 1. The molecular formula is C32H40F3N5O4S. The standard InChI is InChI=1S/C32H40F3N5O4S/c1-38(2)45(41,42)26-13-14-29(31(21-26)43-3)36-15-5-6-25-20-27-28(7-4-8-30(27)40(25)22-32(33,34)35)37-23-9-11-24(12-10-23)39-16-18-44-19-17-39/h4,7-8,13-14,20-21,23-24,36-37H,9-12,15-19,22H2,1-3H3/t23-,24+. The molecule has 1 aliphatic carbocycles. The summed E-state index contributed by atoms with van der Waals surface area (Å²) in [6, 6.07) is 12.3. The Hall–Kier alpha value is -3.44. The first-order valence-corrected chi connectivity index (χ1v) is 16.5. The highest BCUT2D eigenvalue weighted by atomic mass is 32.2. The first kappa shape index (κ1) is 32.9. The Labute approximate surface area is 262 Å². The molecule has 2 N–H and O–H groups in total. The molecule has 5 rings (SSSR count). The van der Waals surface area contributed by atoms with Crippen molar-refractivity contribution in [1.29, 1.82) is 0 Å². The maximum Gasteiger partial charge on any atom is 0.406 e. The summed E-state index contributed by atoms with van der Waals surface area (Å²) < 4.78 is 79.2. The van der Waals surface area contributed by atoms with E-state index >= 15 is 0 Å². The third-order valence-corrected chi connectivity index (χ3v) is 10.2. The predicted molar refractivity (Wildman–Crippen MR) is 169 cm³/mol. The molecule has 2 aromatic carbocycles. The van der Waals surface area contributed by atoms with E-state index in [0.717, 1.165) is 62.0 Å². The lowest BCUT2D eigenvalue weighted by Gasteiger charge is -2.39. The molecule has 0 bridgehead atoms. The van der Waals surface area contributed by atoms with E-state index in [-0.39, 0.29) is 23.2 Å². The number of fused-ring (bicyclic) bond motifs is 1. The van der Waals surface area contributed by atoms with Gasteiger partial charge < -0.3 is 24.7 Å². The summed E-state index contributed by atoms with van der Waals surface area (Å²) in [6.07, 6.45) is -0.294. The van der Waals surface area contributed by atoms with E-state index in [1.54, 1.807) is 24.3 Å². The summed E-state index contributed by atoms with van der Waals surface area (Å²) in [5.41, 5.74) is 2.04. The molecule has 1 saturated carbocycles. The van der Waals surface area contributed by atoms with Gasteiger partial charge >= 0.3 is 6.18 Å². The van der Waals surface area contributed by atoms with Crippen LogP contribution in [0.4, 0.5) is 24.5 Å². The molecule has 1 aromatic heterocycles. The molecule has 2 aliphatic rings. The quantitative estimate of drug-likeness (QED) is 0.317. The van der Waals surface area contributed by atoms with Gasteiger partial charge in [0.05, 0.1) is 48.7 Å². The number of hydrogen-bond acceptors (Lipinski definition) is 7. The molecule has 3 aromatic rings. The Morgan fingerprint density at radius 3 is 2.44 bits per heavy atom. The summed E-state index contributed by atoms with van der Waals surface area (Å²) in [7, 11) is 0.663. The highest BCUT2D eigenvalue weighted by Crippen LogP contribution is 2.33. The zero-order valence-corrected chi connectivity index (χ0v) is 26.6. The van der Waals surface area contributed by atoms with E-state index in [4.69, 9.17) is 9.47 Å². The van der Waals surface area contributed by atoms with Crippen LogP contribution in [0.3, 0.4) is 0 Å². The third-order valence-electron chi connectivity index (χ3n) is 8.44. The minimum Gasteiger partial charge on any atom is -0.495 e. The van der Waals surface area contributed by atoms with Gasteiger partial charge in [-0.1, -0.05) is 12.0 Å². The molecule has 1 saturated heterocycles. The fourth-order valence-electron chi connectivity index (χ4n) is 6.07. The van der Waals surface area contributed by atoms with Crippen molar-refractivity contribution < 1.29 is 31.1 Å². The molecule has 0 radical (unpaired) electrons. The second-order valence-corrected chi connectivity index (χ2v) is 13.7. The molecule has 0 amide bonds. The van der Waals surface area contributed by atoms with Crippen LogP contribution in [0.2, 0.25) is 0 Å². The number of alkyl halides is 3. The molecule has 0 unspecified atom stereocenters. The second-order valence-electron chi connectivity index (χ2n) is 11.6. The number of halogens is 3. The minimum atomic E-state index is -4.43. The fourth-order valence-corrected chi connectivity index (χ4v) is 6.99. The van der Waals surface area contributed by atoms with Gasteiger partial charge in [0.1, 0.15) is 12.3 Å². The van der Waals surface area contributed by atoms with Gasteiger partial charge in [-0.15, -0.1) is 0 Å². The summed E-state index contributed by atoms with van der Waals surface area (Å²) in [4.78, 5) is 2.59. The van der Waals surface area contributed by atoms with Crippen molar-refractivity contribution >= 4 is 32.3 Å². The number of nitrogens with one attached hydrogen (secondary N) is 2. The minimum absolute atomic E-state index is 0.0761. The summed E-state index contributed by atoms with van der Waals surface area (Å²) in [6.45, 7) is 2.44. The average Bonchev–Trinajstić information content (AvgIpc) is 3.36. The summed E-state index contributed by atoms with van der Waals surface area (Å²) >= 11 is 0. The van der Waals surface area contributed by atoms with E-state index in [1.165, 1.54) is 37.9 Å². The fraction of sp³-hybridized carbons (Fsp3) is 0.500. The van der Waals surface area contributed by atoms with Crippen molar-refractivity contribution in [2.75, 3.05) is 64.7 Å². The number of anilines is 2. The Bertz CT molecular complexity index is 1650. The lowest BCUT2D eigenvalue weighted by Crippen LogP contribution is -2.46. The first-order valence-electron chi connectivity index (χ1n) is 15.1. The van der Waals surface area contributed by atoms with Crippen LogP contribution in [0.15, 0.2) is 47.4 Å². The highest BCUT2D eigenvalue weighted by Gasteiger charge is 2.31. The van der Waals surface area contributed by atoms with Crippen molar-refractivity contribution in [2.24, 2.45) is 0 Å².